The van der Waals surface area contributed by atoms with E-state index in [0.717, 1.165) is 22.5 Å². The number of rotatable bonds is 13. The number of anilines is 1. The summed E-state index contributed by atoms with van der Waals surface area (Å²) < 4.78 is 11.3. The Labute approximate surface area is 295 Å². The number of thioether (sulfide) groups is 1. The van der Waals surface area contributed by atoms with Crippen molar-refractivity contribution in [1.29, 1.82) is 0 Å². The van der Waals surface area contributed by atoms with E-state index in [1.165, 1.54) is 22.0 Å². The molecule has 13 nitrogen and oxygen atoms in total. The van der Waals surface area contributed by atoms with Crippen molar-refractivity contribution in [2.75, 3.05) is 23.6 Å². The number of benzene rings is 2. The van der Waals surface area contributed by atoms with E-state index in [0.29, 0.717) is 17.7 Å². The van der Waals surface area contributed by atoms with Crippen LogP contribution in [0.1, 0.15) is 43.7 Å². The van der Waals surface area contributed by atoms with Gasteiger partial charge in [0, 0.05) is 17.0 Å². The van der Waals surface area contributed by atoms with Crippen molar-refractivity contribution >= 4 is 75.7 Å². The number of nitrogens with zero attached hydrogens (tertiary/aromatic N) is 3. The standard InChI is InChI=1S/C33H32ClN5O8S2/c1-33(2,3)47-23(41)15-45-38-24(22-17-49-32(36-22)35-18-40)28(42)37-25-29(43)39-26(21(14-34)16-48-30(25)39)31(44)46-27(19-10-6-4-7-11-19)20-12-8-5-9-13-20/h4-13,17-18,25,27,30H,14-16H2,1-3H3,(H,37,42)(H,35,36,40)/t25?,30-/m1/s1. The largest absolute Gasteiger partial charge is 0.457 e. The Kier molecular flexibility index (Phi) is 11.4. The van der Waals surface area contributed by atoms with Crippen molar-refractivity contribution in [2.45, 2.75) is 43.9 Å². The molecule has 16 heteroatoms. The number of β-lactam (4-membered cyclic amide) rings is 1. The lowest BCUT2D eigenvalue weighted by atomic mass is 10.0. The van der Waals surface area contributed by atoms with Crippen molar-refractivity contribution in [3.8, 4) is 0 Å². The molecule has 1 saturated heterocycles. The molecule has 2 aliphatic heterocycles. The third kappa shape index (κ3) is 8.47. The van der Waals surface area contributed by atoms with Crippen LogP contribution in [0.25, 0.3) is 0 Å². The molecule has 2 N–H and O–H groups in total. The minimum Gasteiger partial charge on any atom is -0.457 e. The van der Waals surface area contributed by atoms with Gasteiger partial charge in [-0.3, -0.25) is 19.3 Å². The fraction of sp³-hybridized carbons (Fsp3) is 0.303. The summed E-state index contributed by atoms with van der Waals surface area (Å²) in [4.78, 5) is 74.7. The fourth-order valence-electron chi connectivity index (χ4n) is 4.96. The molecule has 0 spiro atoms. The molecule has 0 saturated carbocycles. The van der Waals surface area contributed by atoms with Crippen LogP contribution in [0.5, 0.6) is 0 Å². The molecule has 3 amide bonds. The molecule has 2 aromatic carbocycles. The highest BCUT2D eigenvalue weighted by atomic mass is 35.5. The van der Waals surface area contributed by atoms with Crippen LogP contribution in [0.15, 0.2) is 82.5 Å². The van der Waals surface area contributed by atoms with Crippen LogP contribution in [0.2, 0.25) is 0 Å². The van der Waals surface area contributed by atoms with Gasteiger partial charge < -0.3 is 24.9 Å². The average Bonchev–Trinajstić information content (AvgIpc) is 3.55. The molecular weight excluding hydrogens is 694 g/mol. The summed E-state index contributed by atoms with van der Waals surface area (Å²) in [5.74, 6) is -2.56. The van der Waals surface area contributed by atoms with Gasteiger partial charge in [0.15, 0.2) is 16.9 Å². The zero-order valence-electron chi connectivity index (χ0n) is 26.6. The van der Waals surface area contributed by atoms with Crippen molar-refractivity contribution in [2.24, 2.45) is 5.16 Å². The Morgan fingerprint density at radius 3 is 2.35 bits per heavy atom. The number of ether oxygens (including phenoxy) is 2. The van der Waals surface area contributed by atoms with E-state index >= 15 is 0 Å². The molecule has 0 bridgehead atoms. The summed E-state index contributed by atoms with van der Waals surface area (Å²) in [6.45, 7) is 4.46. The smallest absolute Gasteiger partial charge is 0.356 e. The van der Waals surface area contributed by atoms with Gasteiger partial charge in [0.25, 0.3) is 11.8 Å². The maximum atomic E-state index is 13.9. The third-order valence-electron chi connectivity index (χ3n) is 7.02. The van der Waals surface area contributed by atoms with Gasteiger partial charge in [-0.25, -0.2) is 14.6 Å². The molecule has 1 fully saturated rings. The zero-order valence-corrected chi connectivity index (χ0v) is 29.0. The third-order valence-corrected chi connectivity index (χ3v) is 9.46. The van der Waals surface area contributed by atoms with Crippen molar-refractivity contribution in [3.05, 3.63) is 94.1 Å². The van der Waals surface area contributed by atoms with Gasteiger partial charge in [0.05, 0.1) is 0 Å². The van der Waals surface area contributed by atoms with Crippen LogP contribution in [0.4, 0.5) is 5.13 Å². The van der Waals surface area contributed by atoms with E-state index in [9.17, 15) is 24.0 Å². The second-order valence-electron chi connectivity index (χ2n) is 11.7. The molecule has 49 heavy (non-hydrogen) atoms. The molecular formula is C33H32ClN5O8S2. The van der Waals surface area contributed by atoms with E-state index in [2.05, 4.69) is 20.8 Å². The highest BCUT2D eigenvalue weighted by Gasteiger charge is 2.55. The van der Waals surface area contributed by atoms with E-state index in [1.807, 2.05) is 60.7 Å². The number of fused-ring (bicyclic) bond motifs is 1. The van der Waals surface area contributed by atoms with Crippen LogP contribution < -0.4 is 10.6 Å². The monoisotopic (exact) mass is 725 g/mol. The van der Waals surface area contributed by atoms with Crippen LogP contribution in [-0.4, -0.2) is 81.0 Å². The number of esters is 2. The van der Waals surface area contributed by atoms with E-state index in [-0.39, 0.29) is 28.1 Å². The first-order valence-corrected chi connectivity index (χ1v) is 17.4. The summed E-state index contributed by atoms with van der Waals surface area (Å²) in [6.07, 6.45) is -0.330. The minimum absolute atomic E-state index is 0.0148. The summed E-state index contributed by atoms with van der Waals surface area (Å²) in [5.41, 5.74) is 0.937. The lowest BCUT2D eigenvalue weighted by Gasteiger charge is -2.49. The number of amides is 3. The maximum absolute atomic E-state index is 13.9. The quantitative estimate of drug-likeness (QED) is 0.0657. The Morgan fingerprint density at radius 2 is 1.76 bits per heavy atom. The van der Waals surface area contributed by atoms with Gasteiger partial charge in [-0.05, 0) is 37.5 Å². The van der Waals surface area contributed by atoms with Crippen LogP contribution in [-0.2, 0) is 38.3 Å². The number of carbonyl (C=O) groups excluding carboxylic acids is 5. The molecule has 1 unspecified atom stereocenters. The first kappa shape index (κ1) is 35.6. The van der Waals surface area contributed by atoms with Crippen molar-refractivity contribution in [1.82, 2.24) is 15.2 Å². The number of aromatic nitrogens is 1. The number of thiazole rings is 1. The normalized spacial score (nSPS) is 17.5. The van der Waals surface area contributed by atoms with Gasteiger partial charge in [-0.1, -0.05) is 65.8 Å². The van der Waals surface area contributed by atoms with E-state index in [4.69, 9.17) is 25.9 Å². The molecule has 3 aromatic rings. The first-order chi connectivity index (χ1) is 23.5. The van der Waals surface area contributed by atoms with Gasteiger partial charge in [0.1, 0.15) is 28.4 Å². The molecule has 2 aliphatic rings. The number of alkyl halides is 1. The highest BCUT2D eigenvalue weighted by molar-refractivity contribution is 8.00. The molecule has 1 aromatic heterocycles. The zero-order chi connectivity index (χ0) is 35.1. The molecule has 2 atom stereocenters. The van der Waals surface area contributed by atoms with Gasteiger partial charge >= 0.3 is 11.9 Å². The highest BCUT2D eigenvalue weighted by Crippen LogP contribution is 2.42. The summed E-state index contributed by atoms with van der Waals surface area (Å²) >= 11 is 8.60. The number of halogens is 1. The van der Waals surface area contributed by atoms with Gasteiger partial charge in [-0.2, -0.15) is 0 Å². The average molecular weight is 726 g/mol. The molecule has 5 rings (SSSR count). The van der Waals surface area contributed by atoms with Gasteiger partial charge in [0.2, 0.25) is 13.0 Å². The lowest BCUT2D eigenvalue weighted by molar-refractivity contribution is -0.160. The van der Waals surface area contributed by atoms with E-state index in [1.54, 1.807) is 20.8 Å². The molecule has 256 valence electrons. The first-order valence-electron chi connectivity index (χ1n) is 14.9. The Morgan fingerprint density at radius 1 is 1.10 bits per heavy atom. The van der Waals surface area contributed by atoms with Gasteiger partial charge in [-0.15, -0.1) is 34.7 Å². The summed E-state index contributed by atoms with van der Waals surface area (Å²) in [5, 5.41) is 9.85. The van der Waals surface area contributed by atoms with Crippen LogP contribution in [0.3, 0.4) is 0 Å². The SMILES string of the molecule is CC(C)(C)OC(=O)CON=C(C(=O)NC1C(=O)N2C(C(=O)OC(c3ccccc3)c3ccccc3)=C(CCl)CS[C@H]12)c1csc(NC=O)n1. The number of hydrogen-bond donors (Lipinski definition) is 2. The second kappa shape index (κ2) is 15.7. The minimum atomic E-state index is -1.06. The summed E-state index contributed by atoms with van der Waals surface area (Å²) in [7, 11) is 0. The number of hydrogen-bond acceptors (Lipinski definition) is 12. The molecule has 0 radical (unpaired) electrons. The number of oxime groups is 1. The van der Waals surface area contributed by atoms with E-state index < -0.39 is 53.5 Å². The lowest BCUT2D eigenvalue weighted by Crippen LogP contribution is -2.71. The van der Waals surface area contributed by atoms with Crippen molar-refractivity contribution in [3.63, 3.8) is 0 Å². The van der Waals surface area contributed by atoms with Crippen LogP contribution >= 0.6 is 34.7 Å². The van der Waals surface area contributed by atoms with Crippen molar-refractivity contribution < 1.29 is 38.3 Å². The maximum Gasteiger partial charge on any atom is 0.356 e. The topological polar surface area (TPSA) is 166 Å². The Balaban J connectivity index is 1.34. The fourth-order valence-corrected chi connectivity index (χ4v) is 7.29. The number of carbonyl (C=O) groups is 5. The predicted molar refractivity (Wildman–Crippen MR) is 184 cm³/mol. The number of nitrogens with one attached hydrogen (secondary N) is 2. The molecule has 0 aliphatic carbocycles. The predicted octanol–water partition coefficient (Wildman–Crippen LogP) is 4.00. The Bertz CT molecular complexity index is 1740. The second-order valence-corrected chi connectivity index (χ2v) is 13.9. The molecule has 3 heterocycles. The Hall–Kier alpha value is -4.73. The summed E-state index contributed by atoms with van der Waals surface area (Å²) in [6, 6.07) is 17.4. The van der Waals surface area contributed by atoms with Crippen LogP contribution in [0, 0.1) is 0 Å².